The third-order valence-electron chi connectivity index (χ3n) is 5.37. The van der Waals surface area contributed by atoms with Crippen molar-refractivity contribution in [3.63, 3.8) is 0 Å². The van der Waals surface area contributed by atoms with Crippen LogP contribution in [0.5, 0.6) is 0 Å². The number of halogens is 1. The van der Waals surface area contributed by atoms with Crippen LogP contribution in [0.4, 0.5) is 4.39 Å². The number of aromatic nitrogens is 1. The molecule has 6 nitrogen and oxygen atoms in total. The monoisotopic (exact) mass is 430 g/mol. The van der Waals surface area contributed by atoms with Gasteiger partial charge in [0.25, 0.3) is 5.91 Å². The number of amides is 1. The molecule has 1 aromatic heterocycles. The molecule has 0 atom stereocenters. The number of hydrogen-bond donors (Lipinski definition) is 0. The molecular weight excluding hydrogens is 399 g/mol. The first-order valence-corrected chi connectivity index (χ1v) is 10.5. The van der Waals surface area contributed by atoms with Gasteiger partial charge in [0.05, 0.1) is 13.2 Å². The second-order valence-electron chi connectivity index (χ2n) is 8.05. The van der Waals surface area contributed by atoms with Gasteiger partial charge in [-0.2, -0.15) is 0 Å². The molecule has 0 saturated carbocycles. The summed E-state index contributed by atoms with van der Waals surface area (Å²) in [5.41, 5.74) is 2.27. The Bertz CT molecular complexity index is 961. The minimum Gasteiger partial charge on any atom is -0.461 e. The standard InChI is InChI=1S/C24H31FN2O4/c1-7-31-24(30)22-16(4)21(17(5)26(22)6)20(28)14-27(13-12-15(2)3)23(29)18-8-10-19(25)11-9-18/h8-11,15H,7,12-14H2,1-6H3. The van der Waals surface area contributed by atoms with Gasteiger partial charge in [0.2, 0.25) is 0 Å². The average Bonchev–Trinajstić information content (AvgIpc) is 2.93. The van der Waals surface area contributed by atoms with Gasteiger partial charge in [0.1, 0.15) is 11.5 Å². The summed E-state index contributed by atoms with van der Waals surface area (Å²) in [6.07, 6.45) is 0.723. The Morgan fingerprint density at radius 2 is 1.74 bits per heavy atom. The van der Waals surface area contributed by atoms with Crippen LogP contribution in [0.2, 0.25) is 0 Å². The quantitative estimate of drug-likeness (QED) is 0.439. The zero-order chi connectivity index (χ0) is 23.3. The highest BCUT2D eigenvalue weighted by molar-refractivity contribution is 6.06. The van der Waals surface area contributed by atoms with E-state index in [9.17, 15) is 18.8 Å². The number of hydrogen-bond acceptors (Lipinski definition) is 4. The molecule has 31 heavy (non-hydrogen) atoms. The molecule has 0 unspecified atom stereocenters. The van der Waals surface area contributed by atoms with E-state index in [0.29, 0.717) is 40.5 Å². The van der Waals surface area contributed by atoms with Gasteiger partial charge < -0.3 is 14.2 Å². The van der Waals surface area contributed by atoms with Crippen molar-refractivity contribution in [1.82, 2.24) is 9.47 Å². The summed E-state index contributed by atoms with van der Waals surface area (Å²) in [6.45, 7) is 9.80. The van der Waals surface area contributed by atoms with Gasteiger partial charge in [0, 0.05) is 30.4 Å². The fourth-order valence-electron chi connectivity index (χ4n) is 3.57. The van der Waals surface area contributed by atoms with Gasteiger partial charge in [-0.3, -0.25) is 9.59 Å². The number of ether oxygens (including phenoxy) is 1. The first-order valence-electron chi connectivity index (χ1n) is 10.5. The van der Waals surface area contributed by atoms with E-state index in [1.54, 1.807) is 32.4 Å². The Balaban J connectivity index is 2.35. The van der Waals surface area contributed by atoms with E-state index >= 15 is 0 Å². The predicted octanol–water partition coefficient (Wildman–Crippen LogP) is 4.33. The largest absolute Gasteiger partial charge is 0.461 e. The molecule has 1 heterocycles. The highest BCUT2D eigenvalue weighted by Crippen LogP contribution is 2.23. The van der Waals surface area contributed by atoms with Crippen molar-refractivity contribution in [1.29, 1.82) is 0 Å². The Morgan fingerprint density at radius 1 is 1.13 bits per heavy atom. The van der Waals surface area contributed by atoms with Crippen molar-refractivity contribution in [2.45, 2.75) is 41.0 Å². The Morgan fingerprint density at radius 3 is 2.29 bits per heavy atom. The fraction of sp³-hybridized carbons (Fsp3) is 0.458. The minimum absolute atomic E-state index is 0.128. The highest BCUT2D eigenvalue weighted by Gasteiger charge is 2.28. The van der Waals surface area contributed by atoms with Crippen LogP contribution in [0.15, 0.2) is 24.3 Å². The van der Waals surface area contributed by atoms with Crippen LogP contribution in [-0.2, 0) is 11.8 Å². The Labute approximate surface area is 183 Å². The molecule has 0 N–H and O–H groups in total. The lowest BCUT2D eigenvalue weighted by molar-refractivity contribution is 0.0514. The number of esters is 1. The number of benzene rings is 1. The molecule has 0 aliphatic carbocycles. The topological polar surface area (TPSA) is 68.6 Å². The van der Waals surface area contributed by atoms with Crippen molar-refractivity contribution < 1.29 is 23.5 Å². The van der Waals surface area contributed by atoms with E-state index in [2.05, 4.69) is 0 Å². The van der Waals surface area contributed by atoms with Gasteiger partial charge in [-0.15, -0.1) is 0 Å². The van der Waals surface area contributed by atoms with Gasteiger partial charge >= 0.3 is 5.97 Å². The van der Waals surface area contributed by atoms with Crippen molar-refractivity contribution in [2.24, 2.45) is 13.0 Å². The summed E-state index contributed by atoms with van der Waals surface area (Å²) in [5.74, 6) is -1.15. The van der Waals surface area contributed by atoms with Crippen molar-refractivity contribution >= 4 is 17.7 Å². The lowest BCUT2D eigenvalue weighted by atomic mass is 10.0. The molecule has 1 amide bonds. The second kappa shape index (κ2) is 10.4. The molecular formula is C24H31FN2O4. The summed E-state index contributed by atoms with van der Waals surface area (Å²) < 4.78 is 20.0. The first kappa shape index (κ1) is 24.3. The van der Waals surface area contributed by atoms with Gasteiger partial charge in [-0.25, -0.2) is 9.18 Å². The number of ketones is 1. The second-order valence-corrected chi connectivity index (χ2v) is 8.05. The number of carbonyl (C=O) groups excluding carboxylic acids is 3. The molecule has 2 aromatic rings. The Hall–Kier alpha value is -2.96. The molecule has 168 valence electrons. The SMILES string of the molecule is CCOC(=O)c1c(C)c(C(=O)CN(CCC(C)C)C(=O)c2ccc(F)cc2)c(C)n1C. The lowest BCUT2D eigenvalue weighted by Crippen LogP contribution is -2.37. The highest BCUT2D eigenvalue weighted by atomic mass is 19.1. The maximum Gasteiger partial charge on any atom is 0.355 e. The van der Waals surface area contributed by atoms with E-state index in [1.807, 2.05) is 13.8 Å². The van der Waals surface area contributed by atoms with Crippen molar-refractivity contribution in [3.05, 3.63) is 58.2 Å². The molecule has 0 fully saturated rings. The van der Waals surface area contributed by atoms with Gasteiger partial charge in [0.15, 0.2) is 5.78 Å². The molecule has 0 spiro atoms. The third-order valence-corrected chi connectivity index (χ3v) is 5.37. The van der Waals surface area contributed by atoms with E-state index in [1.165, 1.54) is 29.2 Å². The van der Waals surface area contributed by atoms with Crippen LogP contribution in [-0.4, -0.2) is 46.8 Å². The normalized spacial score (nSPS) is 11.0. The Kier molecular flexibility index (Phi) is 8.14. The predicted molar refractivity (Wildman–Crippen MR) is 117 cm³/mol. The molecule has 0 bridgehead atoms. The zero-order valence-electron chi connectivity index (χ0n) is 19.1. The minimum atomic E-state index is -0.483. The van der Waals surface area contributed by atoms with Crippen molar-refractivity contribution in [2.75, 3.05) is 19.7 Å². The third kappa shape index (κ3) is 5.60. The van der Waals surface area contributed by atoms with Crippen LogP contribution in [0.25, 0.3) is 0 Å². The van der Waals surface area contributed by atoms with Crippen LogP contribution in [0.1, 0.15) is 69.7 Å². The number of nitrogens with zero attached hydrogens (tertiary/aromatic N) is 2. The smallest absolute Gasteiger partial charge is 0.355 e. The lowest BCUT2D eigenvalue weighted by Gasteiger charge is -2.23. The number of carbonyl (C=O) groups is 3. The maximum absolute atomic E-state index is 13.3. The average molecular weight is 431 g/mol. The molecule has 0 radical (unpaired) electrons. The number of Topliss-reactive ketones (excluding diaryl/α,β-unsaturated/α-hetero) is 1. The van der Waals surface area contributed by atoms with E-state index in [-0.39, 0.29) is 24.8 Å². The van der Waals surface area contributed by atoms with Gasteiger partial charge in [-0.1, -0.05) is 13.8 Å². The van der Waals surface area contributed by atoms with Crippen LogP contribution in [0.3, 0.4) is 0 Å². The van der Waals surface area contributed by atoms with E-state index < -0.39 is 11.8 Å². The number of rotatable bonds is 9. The molecule has 0 saturated heterocycles. The zero-order valence-corrected chi connectivity index (χ0v) is 19.1. The summed E-state index contributed by atoms with van der Waals surface area (Å²) >= 11 is 0. The molecule has 0 aliphatic rings. The first-order chi connectivity index (χ1) is 14.6. The molecule has 1 aromatic carbocycles. The van der Waals surface area contributed by atoms with Crippen LogP contribution in [0, 0.1) is 25.6 Å². The van der Waals surface area contributed by atoms with E-state index in [4.69, 9.17) is 4.74 Å². The van der Waals surface area contributed by atoms with Crippen LogP contribution < -0.4 is 0 Å². The summed E-state index contributed by atoms with van der Waals surface area (Å²) in [5, 5.41) is 0. The summed E-state index contributed by atoms with van der Waals surface area (Å²) in [7, 11) is 1.71. The maximum atomic E-state index is 13.3. The summed E-state index contributed by atoms with van der Waals surface area (Å²) in [6, 6.07) is 5.30. The summed E-state index contributed by atoms with van der Waals surface area (Å²) in [4.78, 5) is 40.1. The molecule has 7 heteroatoms. The molecule has 0 aliphatic heterocycles. The van der Waals surface area contributed by atoms with Crippen LogP contribution >= 0.6 is 0 Å². The van der Waals surface area contributed by atoms with Gasteiger partial charge in [-0.05, 0) is 62.9 Å². The molecule has 2 rings (SSSR count). The van der Waals surface area contributed by atoms with Crippen molar-refractivity contribution in [3.8, 4) is 0 Å². The fourth-order valence-corrected chi connectivity index (χ4v) is 3.57. The van der Waals surface area contributed by atoms with E-state index in [0.717, 1.165) is 6.42 Å².